The van der Waals surface area contributed by atoms with Gasteiger partial charge in [-0.2, -0.15) is 18.2 Å². The molecule has 0 heterocycles. The zero-order valence-corrected chi connectivity index (χ0v) is 15.4. The zero-order valence-electron chi connectivity index (χ0n) is 13.4. The van der Waals surface area contributed by atoms with E-state index in [1.165, 1.54) is 24.3 Å². The van der Waals surface area contributed by atoms with Crippen LogP contribution in [0.5, 0.6) is 0 Å². The predicted molar refractivity (Wildman–Crippen MR) is 82.1 cm³/mol. The summed E-state index contributed by atoms with van der Waals surface area (Å²) in [6, 6.07) is 8.49. The van der Waals surface area contributed by atoms with Gasteiger partial charge in [-0.1, -0.05) is 0 Å². The molecule has 0 spiro atoms. The van der Waals surface area contributed by atoms with Gasteiger partial charge < -0.3 is 71.2 Å². The van der Waals surface area contributed by atoms with Crippen LogP contribution in [-0.2, 0) is 0 Å². The first-order chi connectivity index (χ1) is 10.3. The minimum absolute atomic E-state index is 0. The summed E-state index contributed by atoms with van der Waals surface area (Å²) in [5.74, 6) is -0.209. The molecule has 0 atom stereocenters. The van der Waals surface area contributed by atoms with E-state index in [1.807, 2.05) is 0 Å². The van der Waals surface area contributed by atoms with Crippen LogP contribution in [0.2, 0.25) is 0 Å². The van der Waals surface area contributed by atoms with Gasteiger partial charge in [0.05, 0.1) is 0 Å². The fraction of sp³-hybridized carbons (Fsp3) is 0. The Balaban J connectivity index is -0.0000000347. The Morgan fingerprint density at radius 3 is 0.808 bits per heavy atom. The van der Waals surface area contributed by atoms with Crippen LogP contribution in [0.1, 0.15) is 0 Å². The second-order valence-corrected chi connectivity index (χ2v) is 2.60. The molecule has 0 aromatic heterocycles. The fourth-order valence-corrected chi connectivity index (χ4v) is 0.367. The van der Waals surface area contributed by atoms with Crippen molar-refractivity contribution in [2.45, 2.75) is 0 Å². The van der Waals surface area contributed by atoms with E-state index in [9.17, 15) is 4.39 Å². The Morgan fingerprint density at radius 2 is 0.731 bits per heavy atom. The van der Waals surface area contributed by atoms with E-state index in [0.717, 1.165) is 0 Å². The molecule has 0 aliphatic carbocycles. The molecule has 0 saturated heterocycles. The van der Waals surface area contributed by atoms with Gasteiger partial charge in [0, 0.05) is 5.82 Å². The van der Waals surface area contributed by atoms with E-state index < -0.39 is 29.3 Å². The van der Waals surface area contributed by atoms with Crippen LogP contribution in [-0.4, -0.2) is 101 Å². The molecule has 0 fully saturated rings. The Kier molecular flexibility index (Phi) is 62.0. The van der Waals surface area contributed by atoms with Crippen LogP contribution in [0.25, 0.3) is 0 Å². The second kappa shape index (κ2) is 35.9. The van der Waals surface area contributed by atoms with Gasteiger partial charge in [0.2, 0.25) is 0 Å². The summed E-state index contributed by atoms with van der Waals surface area (Å²) >= 11 is 0. The molecule has 148 valence electrons. The predicted octanol–water partition coefficient (Wildman–Crippen LogP) is -11.2. The van der Waals surface area contributed by atoms with E-state index >= 15 is 0 Å². The van der Waals surface area contributed by atoms with Crippen molar-refractivity contribution in [3.63, 3.8) is 0 Å². The molecule has 0 aliphatic rings. The summed E-state index contributed by atoms with van der Waals surface area (Å²) in [7, 11) is -8.67. The van der Waals surface area contributed by atoms with Crippen molar-refractivity contribution >= 4 is 29.3 Å². The molecule has 1 aromatic carbocycles. The van der Waals surface area contributed by atoms with Crippen molar-refractivity contribution in [1.29, 1.82) is 0 Å². The average molecular weight is 401 g/mol. The van der Waals surface area contributed by atoms with Crippen LogP contribution >= 0.6 is 0 Å². The number of hydrogen-bond donors (Lipinski definition) is 12. The molecule has 0 bridgehead atoms. The third-order valence-electron chi connectivity index (χ3n) is 0.678. The molecule has 1 rings (SSSR count). The quantitative estimate of drug-likeness (QED) is 0.142. The third kappa shape index (κ3) is 202. The van der Waals surface area contributed by atoms with Gasteiger partial charge in [0.25, 0.3) is 0 Å². The Hall–Kier alpha value is -0.150. The van der Waals surface area contributed by atoms with Crippen molar-refractivity contribution in [2.75, 3.05) is 0 Å². The summed E-state index contributed by atoms with van der Waals surface area (Å²) in [4.78, 5) is 0. The third-order valence-corrected chi connectivity index (χ3v) is 0.678. The van der Waals surface area contributed by atoms with Crippen LogP contribution < -0.4 is 29.6 Å². The molecule has 0 unspecified atom stereocenters. The van der Waals surface area contributed by atoms with E-state index in [2.05, 4.69) is 6.07 Å². The van der Waals surface area contributed by atoms with Crippen molar-refractivity contribution < 1.29 is 105 Å². The van der Waals surface area contributed by atoms with Crippen LogP contribution in [0, 0.1) is 11.9 Å². The van der Waals surface area contributed by atoms with Gasteiger partial charge in [-0.3, -0.25) is 0 Å². The second-order valence-electron chi connectivity index (χ2n) is 2.60. The van der Waals surface area contributed by atoms with Crippen molar-refractivity contribution in [3.05, 3.63) is 36.1 Å². The number of hydrogen-bond acceptors (Lipinski definition) is 12. The zero-order chi connectivity index (χ0) is 19.4. The monoisotopic (exact) mass is 402 g/mol. The first-order valence-electron chi connectivity index (χ1n) is 5.11. The molecular weight excluding hydrogens is 381 g/mol. The fourth-order valence-electron chi connectivity index (χ4n) is 0.367. The van der Waals surface area contributed by atoms with Crippen molar-refractivity contribution in [3.8, 4) is 0 Å². The first-order valence-corrected chi connectivity index (χ1v) is 5.11. The number of rotatable bonds is 0. The van der Waals surface area contributed by atoms with Crippen molar-refractivity contribution in [1.82, 2.24) is 0 Å². The van der Waals surface area contributed by atoms with Crippen LogP contribution in [0.15, 0.2) is 24.3 Å². The van der Waals surface area contributed by atoms with Gasteiger partial charge in [0.15, 0.2) is 0 Å². The number of halogens is 1. The largest absolute Gasteiger partial charge is 1.00 e. The Morgan fingerprint density at radius 1 is 0.577 bits per heavy atom. The van der Waals surface area contributed by atoms with Crippen LogP contribution in [0.4, 0.5) is 4.39 Å². The molecule has 0 radical (unpaired) electrons. The smallest absolute Gasteiger partial charge is 0.412 e. The first kappa shape index (κ1) is 44.9. The summed E-state index contributed by atoms with van der Waals surface area (Å²) in [5.41, 5.74) is 0. The Bertz CT molecular complexity index is 278. The maximum Gasteiger partial charge on any atom is 1.00 e. The molecule has 14 nitrogen and oxygen atoms in total. The molecule has 0 aliphatic heterocycles. The summed E-state index contributed by atoms with van der Waals surface area (Å²) < 4.78 is 11.9. The van der Waals surface area contributed by atoms with E-state index in [4.69, 9.17) is 60.3 Å². The van der Waals surface area contributed by atoms with Gasteiger partial charge in [0.1, 0.15) is 0 Å². The molecular formula is C6H20B4FNaO14. The molecule has 1 aromatic rings. The molecule has 20 heteroatoms. The summed E-state index contributed by atoms with van der Waals surface area (Å²) in [6.07, 6.45) is 0. The van der Waals surface area contributed by atoms with E-state index in [0.29, 0.717) is 0 Å². The number of benzene rings is 1. The average Bonchev–Trinajstić information content (AvgIpc) is 2.26. The molecule has 0 amide bonds. The molecule has 0 saturated carbocycles. The summed E-state index contributed by atoms with van der Waals surface area (Å²) in [5, 5.41) is 86.0. The van der Waals surface area contributed by atoms with Gasteiger partial charge in [-0.05, 0) is 0 Å². The topological polar surface area (TPSA) is 306 Å². The maximum atomic E-state index is 11.9. The summed E-state index contributed by atoms with van der Waals surface area (Å²) in [6.45, 7) is 0. The van der Waals surface area contributed by atoms with Crippen molar-refractivity contribution in [2.24, 2.45) is 0 Å². The van der Waals surface area contributed by atoms with E-state index in [1.54, 1.807) is 0 Å². The Labute approximate surface area is 170 Å². The normalized spacial score (nSPS) is 6.50. The standard InChI is InChI=1S/C6H4F.4BH3O3.Na.2H2O/c7-6-4-2-1-3-5-6;4*2-1(3)4;;;/h2-5H;4*2-4H;;2*1H2/q-1;;;;;+1;;. The minimum atomic E-state index is -2.17. The molecule has 16 N–H and O–H groups in total. The minimum Gasteiger partial charge on any atom is -0.412 e. The van der Waals surface area contributed by atoms with E-state index in [-0.39, 0.29) is 46.3 Å². The van der Waals surface area contributed by atoms with Gasteiger partial charge in [-0.25, -0.2) is 4.39 Å². The van der Waals surface area contributed by atoms with Crippen LogP contribution in [0.3, 0.4) is 0 Å². The van der Waals surface area contributed by atoms with Gasteiger partial charge >= 0.3 is 58.8 Å². The SMILES string of the molecule is Fc1cc[c-]cc1.O.O.OB(O)O.OB(O)O.OB(O)O.OB(O)O.[Na+]. The molecule has 26 heavy (non-hydrogen) atoms. The van der Waals surface area contributed by atoms with Gasteiger partial charge in [-0.15, -0.1) is 12.1 Å². The maximum absolute atomic E-state index is 11.9.